The number of benzene rings is 2. The first-order valence-corrected chi connectivity index (χ1v) is 11.5. The van der Waals surface area contributed by atoms with Gasteiger partial charge in [-0.3, -0.25) is 9.59 Å². The number of nitrogens with one attached hydrogen (secondary N) is 1. The van der Waals surface area contributed by atoms with Gasteiger partial charge in [-0.05, 0) is 56.7 Å². The van der Waals surface area contributed by atoms with Crippen molar-refractivity contribution in [2.24, 2.45) is 0 Å². The van der Waals surface area contributed by atoms with E-state index in [1.807, 2.05) is 69.3 Å². The maximum atomic E-state index is 13.4. The third kappa shape index (κ3) is 5.88. The Morgan fingerprint density at radius 1 is 1.10 bits per heavy atom. The van der Waals surface area contributed by atoms with Gasteiger partial charge in [0.25, 0.3) is 0 Å². The second-order valence-electron chi connectivity index (χ2n) is 9.07. The van der Waals surface area contributed by atoms with Gasteiger partial charge in [-0.25, -0.2) is 0 Å². The molecule has 3 atom stereocenters. The molecule has 1 fully saturated rings. The highest BCUT2D eigenvalue weighted by atomic mass is 79.9. The van der Waals surface area contributed by atoms with Crippen LogP contribution in [0.3, 0.4) is 0 Å². The number of hydrogen-bond donors (Lipinski definition) is 1. The van der Waals surface area contributed by atoms with Gasteiger partial charge in [0.05, 0.1) is 18.0 Å². The van der Waals surface area contributed by atoms with E-state index in [2.05, 4.69) is 27.3 Å². The average Bonchev–Trinajstić information content (AvgIpc) is 2.85. The smallest absolute Gasteiger partial charge is 0.240 e. The molecule has 6 heteroatoms. The molecule has 1 aliphatic heterocycles. The van der Waals surface area contributed by atoms with Gasteiger partial charge in [0.1, 0.15) is 12.3 Å². The third-order valence-corrected chi connectivity index (χ3v) is 6.28. The van der Waals surface area contributed by atoms with E-state index in [-0.39, 0.29) is 40.7 Å². The number of alkyl halides is 1. The predicted molar refractivity (Wildman–Crippen MR) is 126 cm³/mol. The minimum Gasteiger partial charge on any atom is -0.496 e. The molecule has 5 nitrogen and oxygen atoms in total. The van der Waals surface area contributed by atoms with Crippen molar-refractivity contribution >= 4 is 27.7 Å². The molecular formula is C25H31BrN2O3. The molecule has 1 heterocycles. The zero-order chi connectivity index (χ0) is 22.6. The van der Waals surface area contributed by atoms with Gasteiger partial charge in [-0.1, -0.05) is 64.5 Å². The van der Waals surface area contributed by atoms with E-state index in [0.717, 1.165) is 16.9 Å². The minimum atomic E-state index is -0.376. The summed E-state index contributed by atoms with van der Waals surface area (Å²) in [7, 11) is 1.67. The molecule has 1 aliphatic rings. The van der Waals surface area contributed by atoms with Gasteiger partial charge in [0.2, 0.25) is 11.8 Å². The van der Waals surface area contributed by atoms with Crippen LogP contribution in [-0.2, 0) is 9.59 Å². The number of hydrogen-bond acceptors (Lipinski definition) is 3. The second-order valence-corrected chi connectivity index (χ2v) is 10.2. The monoisotopic (exact) mass is 486 g/mol. The summed E-state index contributed by atoms with van der Waals surface area (Å²) in [5.41, 5.74) is 1.76. The molecule has 3 rings (SSSR count). The Morgan fingerprint density at radius 2 is 1.74 bits per heavy atom. The van der Waals surface area contributed by atoms with E-state index in [1.54, 1.807) is 12.0 Å². The first kappa shape index (κ1) is 23.3. The van der Waals surface area contributed by atoms with Crippen molar-refractivity contribution in [3.05, 3.63) is 65.7 Å². The van der Waals surface area contributed by atoms with Gasteiger partial charge in [-0.15, -0.1) is 0 Å². The van der Waals surface area contributed by atoms with E-state index in [1.165, 1.54) is 0 Å². The molecule has 0 aromatic heterocycles. The Hall–Kier alpha value is -2.34. The summed E-state index contributed by atoms with van der Waals surface area (Å²) in [6, 6.07) is 17.7. The fourth-order valence-corrected chi connectivity index (χ4v) is 4.94. The highest BCUT2D eigenvalue weighted by molar-refractivity contribution is 9.10. The fraction of sp³-hybridized carbons (Fsp3) is 0.440. The quantitative estimate of drug-likeness (QED) is 0.616. The molecular weight excluding hydrogens is 456 g/mol. The third-order valence-electron chi connectivity index (χ3n) is 5.52. The Morgan fingerprint density at radius 3 is 2.39 bits per heavy atom. The summed E-state index contributed by atoms with van der Waals surface area (Å²) in [4.78, 5) is 27.6. The van der Waals surface area contributed by atoms with Crippen molar-refractivity contribution in [2.75, 3.05) is 13.7 Å². The number of amides is 2. The van der Waals surface area contributed by atoms with E-state index in [0.29, 0.717) is 12.8 Å². The van der Waals surface area contributed by atoms with Crippen molar-refractivity contribution in [1.29, 1.82) is 0 Å². The van der Waals surface area contributed by atoms with Crippen LogP contribution in [0.5, 0.6) is 5.75 Å². The molecule has 1 saturated heterocycles. The zero-order valence-corrected chi connectivity index (χ0v) is 20.2. The van der Waals surface area contributed by atoms with Crippen LogP contribution in [0.1, 0.15) is 56.7 Å². The van der Waals surface area contributed by atoms with E-state index >= 15 is 0 Å². The van der Waals surface area contributed by atoms with Crippen LogP contribution in [0.4, 0.5) is 0 Å². The van der Waals surface area contributed by atoms with Crippen molar-refractivity contribution in [3.63, 3.8) is 0 Å². The zero-order valence-electron chi connectivity index (χ0n) is 18.6. The first-order chi connectivity index (χ1) is 14.7. The number of likely N-dealkylation sites (tertiary alicyclic amines) is 1. The molecule has 0 spiro atoms. The van der Waals surface area contributed by atoms with Crippen molar-refractivity contribution < 1.29 is 14.3 Å². The number of halogens is 1. The molecule has 0 aliphatic carbocycles. The topological polar surface area (TPSA) is 58.6 Å². The highest BCUT2D eigenvalue weighted by Gasteiger charge is 2.39. The molecule has 0 bridgehead atoms. The van der Waals surface area contributed by atoms with Gasteiger partial charge < -0.3 is 15.0 Å². The van der Waals surface area contributed by atoms with Gasteiger partial charge in [0, 0.05) is 5.54 Å². The first-order valence-electron chi connectivity index (χ1n) is 10.6. The van der Waals surface area contributed by atoms with Gasteiger partial charge in [-0.2, -0.15) is 0 Å². The van der Waals surface area contributed by atoms with E-state index < -0.39 is 0 Å². The van der Waals surface area contributed by atoms with Crippen LogP contribution in [0.25, 0.3) is 0 Å². The van der Waals surface area contributed by atoms with Crippen molar-refractivity contribution in [3.8, 4) is 5.75 Å². The highest BCUT2D eigenvalue weighted by Crippen LogP contribution is 2.43. The predicted octanol–water partition coefficient (Wildman–Crippen LogP) is 4.82. The number of carbonyl (C=O) groups is 2. The van der Waals surface area contributed by atoms with Crippen LogP contribution in [-0.4, -0.2) is 40.7 Å². The van der Waals surface area contributed by atoms with Crippen LogP contribution in [0.2, 0.25) is 0 Å². The summed E-state index contributed by atoms with van der Waals surface area (Å²) < 4.78 is 5.61. The SMILES string of the molecule is COc1ccccc1C1CC(Br)C(=O)N(CC(=O)NC(C)(C)C)C(c2ccccc2)C1. The summed E-state index contributed by atoms with van der Waals surface area (Å²) in [5, 5.41) is 2.99. The maximum absolute atomic E-state index is 13.4. The molecule has 2 amide bonds. The Balaban J connectivity index is 1.99. The lowest BCUT2D eigenvalue weighted by Crippen LogP contribution is -2.49. The number of methoxy groups -OCH3 is 1. The fourth-order valence-electron chi connectivity index (χ4n) is 4.23. The Labute approximate surface area is 193 Å². The lowest BCUT2D eigenvalue weighted by molar-refractivity contribution is -0.138. The van der Waals surface area contributed by atoms with Crippen LogP contribution in [0, 0.1) is 0 Å². The summed E-state index contributed by atoms with van der Waals surface area (Å²) in [5.74, 6) is 0.711. The number of rotatable bonds is 5. The lowest BCUT2D eigenvalue weighted by atomic mass is 9.86. The second kappa shape index (κ2) is 9.86. The minimum absolute atomic E-state index is 0.0242. The van der Waals surface area contributed by atoms with Crippen LogP contribution < -0.4 is 10.1 Å². The molecule has 31 heavy (non-hydrogen) atoms. The lowest BCUT2D eigenvalue weighted by Gasteiger charge is -2.33. The number of ether oxygens (including phenoxy) is 1. The summed E-state index contributed by atoms with van der Waals surface area (Å²) >= 11 is 3.62. The van der Waals surface area contributed by atoms with Gasteiger partial charge in [0.15, 0.2) is 0 Å². The van der Waals surface area contributed by atoms with Crippen molar-refractivity contribution in [2.45, 2.75) is 55.9 Å². The Bertz CT molecular complexity index is 910. The van der Waals surface area contributed by atoms with Gasteiger partial charge >= 0.3 is 0 Å². The molecule has 166 valence electrons. The summed E-state index contributed by atoms with van der Waals surface area (Å²) in [6.45, 7) is 5.84. The molecule has 2 aromatic rings. The molecule has 0 radical (unpaired) electrons. The largest absolute Gasteiger partial charge is 0.496 e. The van der Waals surface area contributed by atoms with Crippen LogP contribution >= 0.6 is 15.9 Å². The normalized spacial score (nSPS) is 22.0. The van der Waals surface area contributed by atoms with Crippen molar-refractivity contribution in [1.82, 2.24) is 10.2 Å². The molecule has 0 saturated carbocycles. The Kier molecular flexibility index (Phi) is 7.42. The number of carbonyl (C=O) groups excluding carboxylic acids is 2. The number of nitrogens with zero attached hydrogens (tertiary/aromatic N) is 1. The van der Waals surface area contributed by atoms with Crippen LogP contribution in [0.15, 0.2) is 54.6 Å². The standard InChI is InChI=1S/C25H31BrN2O3/c1-25(2,3)27-23(29)16-28-21(17-10-6-5-7-11-17)15-18(14-20(26)24(28)30)19-12-8-9-13-22(19)31-4/h5-13,18,20-21H,14-16H2,1-4H3,(H,27,29). The average molecular weight is 487 g/mol. The maximum Gasteiger partial charge on any atom is 0.240 e. The van der Waals surface area contributed by atoms with E-state index in [9.17, 15) is 9.59 Å². The molecule has 3 unspecified atom stereocenters. The molecule has 1 N–H and O–H groups in total. The number of para-hydroxylation sites is 1. The summed E-state index contributed by atoms with van der Waals surface area (Å²) in [6.07, 6.45) is 1.35. The van der Waals surface area contributed by atoms with E-state index in [4.69, 9.17) is 4.74 Å². The molecule has 2 aromatic carbocycles.